The molecular weight excluding hydrogens is 532 g/mol. The Kier molecular flexibility index (Phi) is 8.68. The van der Waals surface area contributed by atoms with Crippen molar-refractivity contribution in [2.45, 2.75) is 77.3 Å². The molecular formula is C32H42ClF2N3O2. The van der Waals surface area contributed by atoms with Gasteiger partial charge >= 0.3 is 0 Å². The van der Waals surface area contributed by atoms with E-state index in [2.05, 4.69) is 31.7 Å². The van der Waals surface area contributed by atoms with Gasteiger partial charge in [-0.15, -0.1) is 0 Å². The average molecular weight is 574 g/mol. The fourth-order valence-corrected chi connectivity index (χ4v) is 6.53. The lowest BCUT2D eigenvalue weighted by Crippen LogP contribution is -2.45. The van der Waals surface area contributed by atoms with Crippen LogP contribution in [0.25, 0.3) is 0 Å². The van der Waals surface area contributed by atoms with Gasteiger partial charge in [0, 0.05) is 62.7 Å². The first-order chi connectivity index (χ1) is 18.6. The minimum atomic E-state index is -0.615. The first-order valence-corrected chi connectivity index (χ1v) is 14.5. The lowest BCUT2D eigenvalue weighted by atomic mass is 9.79. The molecule has 2 fully saturated rings. The Hall–Kier alpha value is -2.51. The van der Waals surface area contributed by atoms with Crippen LogP contribution in [0, 0.1) is 17.6 Å². The summed E-state index contributed by atoms with van der Waals surface area (Å²) in [4.78, 5) is 32.1. The number of piperidine rings is 1. The van der Waals surface area contributed by atoms with E-state index in [-0.39, 0.29) is 29.2 Å². The maximum Gasteiger partial charge on any atom is 0.227 e. The van der Waals surface area contributed by atoms with Crippen molar-refractivity contribution in [2.24, 2.45) is 5.92 Å². The lowest BCUT2D eigenvalue weighted by molar-refractivity contribution is -0.137. The van der Waals surface area contributed by atoms with Gasteiger partial charge in [0.2, 0.25) is 11.8 Å². The molecule has 0 N–H and O–H groups in total. The van der Waals surface area contributed by atoms with Gasteiger partial charge in [0.25, 0.3) is 0 Å². The fraction of sp³-hybridized carbons (Fsp3) is 0.562. The van der Waals surface area contributed by atoms with E-state index < -0.39 is 23.1 Å². The largest absolute Gasteiger partial charge is 0.342 e. The summed E-state index contributed by atoms with van der Waals surface area (Å²) in [6.45, 7) is 14.2. The number of hydrogen-bond acceptors (Lipinski definition) is 3. The van der Waals surface area contributed by atoms with Gasteiger partial charge in [-0.3, -0.25) is 14.5 Å². The third kappa shape index (κ3) is 6.06. The molecule has 0 saturated carbocycles. The van der Waals surface area contributed by atoms with Crippen LogP contribution in [0.2, 0.25) is 5.02 Å². The number of carbonyl (C=O) groups is 2. The number of benzene rings is 2. The van der Waals surface area contributed by atoms with Gasteiger partial charge in [0.15, 0.2) is 0 Å². The third-order valence-corrected chi connectivity index (χ3v) is 9.41. The Labute approximate surface area is 242 Å². The fourth-order valence-electron chi connectivity index (χ4n) is 6.35. The van der Waals surface area contributed by atoms with Crippen LogP contribution in [0.15, 0.2) is 36.4 Å². The molecule has 5 nitrogen and oxygen atoms in total. The molecule has 0 radical (unpaired) electrons. The van der Waals surface area contributed by atoms with E-state index in [0.29, 0.717) is 36.8 Å². The van der Waals surface area contributed by atoms with E-state index in [4.69, 9.17) is 11.6 Å². The standard InChI is InChI=1S/C32H42ClF2N3O2/c1-20(39)36(7)32(5,6)28-16-22(33)8-10-24(28)21-12-14-37(15-13-21)30(40)27-19-38(31(2,3)4)18-26(27)25-11-9-23(34)17-29(25)35/h8-11,16-17,21,26-27H,12-15,18-19H2,1-7H3. The molecule has 2 saturated heterocycles. The van der Waals surface area contributed by atoms with Crippen LogP contribution in [0.4, 0.5) is 8.78 Å². The van der Waals surface area contributed by atoms with Crippen molar-refractivity contribution >= 4 is 23.4 Å². The molecule has 2 aliphatic rings. The van der Waals surface area contributed by atoms with Crippen molar-refractivity contribution in [1.82, 2.24) is 14.7 Å². The molecule has 2 aromatic carbocycles. The molecule has 2 heterocycles. The van der Waals surface area contributed by atoms with Gasteiger partial charge in [-0.1, -0.05) is 23.7 Å². The van der Waals surface area contributed by atoms with E-state index >= 15 is 0 Å². The van der Waals surface area contributed by atoms with E-state index in [1.165, 1.54) is 12.1 Å². The minimum absolute atomic E-state index is 0.0237. The summed E-state index contributed by atoms with van der Waals surface area (Å²) in [5, 5.41) is 0.625. The number of nitrogens with zero attached hydrogens (tertiary/aromatic N) is 3. The highest BCUT2D eigenvalue weighted by Crippen LogP contribution is 2.41. The molecule has 0 aromatic heterocycles. The number of likely N-dealkylation sites (tertiary alicyclic amines) is 2. The van der Waals surface area contributed by atoms with Crippen molar-refractivity contribution in [3.8, 4) is 0 Å². The number of rotatable bonds is 5. The van der Waals surface area contributed by atoms with Crippen LogP contribution in [-0.4, -0.2) is 65.3 Å². The van der Waals surface area contributed by atoms with Crippen molar-refractivity contribution in [1.29, 1.82) is 0 Å². The molecule has 2 amide bonds. The summed E-state index contributed by atoms with van der Waals surface area (Å²) in [6, 6.07) is 9.59. The average Bonchev–Trinajstić information content (AvgIpc) is 3.33. The molecule has 2 aromatic rings. The Morgan fingerprint density at radius 1 is 0.950 bits per heavy atom. The summed E-state index contributed by atoms with van der Waals surface area (Å²) in [5.41, 5.74) is 1.85. The van der Waals surface area contributed by atoms with Gasteiger partial charge in [0.05, 0.1) is 11.5 Å². The Balaban J connectivity index is 1.55. The Bertz CT molecular complexity index is 1270. The predicted octanol–water partition coefficient (Wildman–Crippen LogP) is 6.55. The maximum absolute atomic E-state index is 14.9. The summed E-state index contributed by atoms with van der Waals surface area (Å²) >= 11 is 6.40. The summed E-state index contributed by atoms with van der Waals surface area (Å²) in [5.74, 6) is -1.71. The van der Waals surface area contributed by atoms with Crippen LogP contribution in [0.1, 0.15) is 82.9 Å². The monoisotopic (exact) mass is 573 g/mol. The molecule has 4 rings (SSSR count). The van der Waals surface area contributed by atoms with Crippen LogP contribution in [-0.2, 0) is 15.1 Å². The molecule has 2 unspecified atom stereocenters. The van der Waals surface area contributed by atoms with Gasteiger partial charge in [0.1, 0.15) is 11.6 Å². The summed E-state index contributed by atoms with van der Waals surface area (Å²) in [7, 11) is 1.80. The van der Waals surface area contributed by atoms with Gasteiger partial charge < -0.3 is 9.80 Å². The number of carbonyl (C=O) groups excluding carboxylic acids is 2. The van der Waals surface area contributed by atoms with Crippen molar-refractivity contribution < 1.29 is 18.4 Å². The van der Waals surface area contributed by atoms with E-state index in [1.807, 2.05) is 30.9 Å². The number of halogens is 3. The Morgan fingerprint density at radius 3 is 2.15 bits per heavy atom. The zero-order valence-electron chi connectivity index (χ0n) is 24.7. The van der Waals surface area contributed by atoms with Crippen LogP contribution < -0.4 is 0 Å². The molecule has 8 heteroatoms. The quantitative estimate of drug-likeness (QED) is 0.407. The zero-order chi connectivity index (χ0) is 29.6. The van der Waals surface area contributed by atoms with Crippen LogP contribution >= 0.6 is 11.6 Å². The van der Waals surface area contributed by atoms with Crippen molar-refractivity contribution in [2.75, 3.05) is 33.2 Å². The lowest BCUT2D eigenvalue weighted by Gasteiger charge is -2.40. The van der Waals surface area contributed by atoms with Crippen LogP contribution in [0.3, 0.4) is 0 Å². The second kappa shape index (κ2) is 11.4. The van der Waals surface area contributed by atoms with Crippen molar-refractivity contribution in [3.63, 3.8) is 0 Å². The highest BCUT2D eigenvalue weighted by atomic mass is 35.5. The van der Waals surface area contributed by atoms with E-state index in [9.17, 15) is 18.4 Å². The number of hydrogen-bond donors (Lipinski definition) is 0. The molecule has 2 aliphatic heterocycles. The van der Waals surface area contributed by atoms with Gasteiger partial charge in [-0.2, -0.15) is 0 Å². The zero-order valence-corrected chi connectivity index (χ0v) is 25.5. The maximum atomic E-state index is 14.9. The highest BCUT2D eigenvalue weighted by Gasteiger charge is 2.45. The highest BCUT2D eigenvalue weighted by molar-refractivity contribution is 6.30. The SMILES string of the molecule is CC(=O)N(C)C(C)(C)c1cc(Cl)ccc1C1CCN(C(=O)C2CN(C(C)(C)C)CC2c2ccc(F)cc2F)CC1. The van der Waals surface area contributed by atoms with Gasteiger partial charge in [-0.25, -0.2) is 8.78 Å². The summed E-state index contributed by atoms with van der Waals surface area (Å²) < 4.78 is 28.6. The minimum Gasteiger partial charge on any atom is -0.342 e. The first kappa shape index (κ1) is 30.4. The molecule has 0 spiro atoms. The molecule has 2 atom stereocenters. The Morgan fingerprint density at radius 2 is 1.57 bits per heavy atom. The number of amides is 2. The molecule has 0 bridgehead atoms. The van der Waals surface area contributed by atoms with Crippen LogP contribution in [0.5, 0.6) is 0 Å². The normalized spacial score (nSPS) is 21.1. The van der Waals surface area contributed by atoms with Gasteiger partial charge in [-0.05, 0) is 88.3 Å². The second-order valence-electron chi connectivity index (χ2n) is 12.9. The van der Waals surface area contributed by atoms with Crippen molar-refractivity contribution in [3.05, 3.63) is 69.7 Å². The second-order valence-corrected chi connectivity index (χ2v) is 13.4. The molecule has 0 aliphatic carbocycles. The smallest absolute Gasteiger partial charge is 0.227 e. The molecule has 40 heavy (non-hydrogen) atoms. The third-order valence-electron chi connectivity index (χ3n) is 9.18. The van der Waals surface area contributed by atoms with E-state index in [0.717, 1.165) is 30.0 Å². The molecule has 218 valence electrons. The summed E-state index contributed by atoms with van der Waals surface area (Å²) in [6.07, 6.45) is 1.57. The topological polar surface area (TPSA) is 43.9 Å². The first-order valence-electron chi connectivity index (χ1n) is 14.1. The predicted molar refractivity (Wildman–Crippen MR) is 155 cm³/mol. The van der Waals surface area contributed by atoms with E-state index in [1.54, 1.807) is 18.9 Å².